The highest BCUT2D eigenvalue weighted by Crippen LogP contribution is 2.29. The van der Waals surface area contributed by atoms with E-state index in [2.05, 4.69) is 50.0 Å². The highest BCUT2D eigenvalue weighted by molar-refractivity contribution is 7.89. The summed E-state index contributed by atoms with van der Waals surface area (Å²) in [5, 5.41) is 6.82. The molecule has 136 valence electrons. The Morgan fingerprint density at radius 1 is 1.08 bits per heavy atom. The smallest absolute Gasteiger partial charge is 0.240 e. The molecule has 3 N–H and O–H groups in total. The average Bonchev–Trinajstić information content (AvgIpc) is 2.41. The number of nitrogens with one attached hydrogen (secondary N) is 3. The number of benzene rings is 1. The Hall–Kier alpha value is -1.11. The molecule has 0 amide bonds. The number of hydrogen-bond acceptors (Lipinski definition) is 4. The summed E-state index contributed by atoms with van der Waals surface area (Å²) in [7, 11) is -3.50. The quantitative estimate of drug-likeness (QED) is 0.735. The van der Waals surface area contributed by atoms with Gasteiger partial charge in [-0.25, -0.2) is 13.1 Å². The van der Waals surface area contributed by atoms with Crippen LogP contribution in [0.4, 0.5) is 5.69 Å². The van der Waals surface area contributed by atoms with E-state index in [4.69, 9.17) is 0 Å². The Kier molecular flexibility index (Phi) is 5.62. The van der Waals surface area contributed by atoms with Crippen LogP contribution in [0.3, 0.4) is 0 Å². The van der Waals surface area contributed by atoms with Crippen molar-refractivity contribution in [2.45, 2.75) is 75.9 Å². The van der Waals surface area contributed by atoms with Gasteiger partial charge in [0.15, 0.2) is 0 Å². The molecule has 0 aromatic heterocycles. The number of rotatable bonds is 6. The number of sulfonamides is 1. The molecular weight excluding hydrogens is 322 g/mol. The lowest BCUT2D eigenvalue weighted by atomic mass is 9.80. The Labute approximate surface area is 146 Å². The monoisotopic (exact) mass is 353 g/mol. The molecule has 1 aliphatic rings. The molecule has 0 radical (unpaired) electrons. The molecule has 1 aromatic rings. The fourth-order valence-electron chi connectivity index (χ4n) is 3.71. The van der Waals surface area contributed by atoms with Gasteiger partial charge in [-0.3, -0.25) is 0 Å². The van der Waals surface area contributed by atoms with E-state index in [-0.39, 0.29) is 17.1 Å². The topological polar surface area (TPSA) is 70.2 Å². The highest BCUT2D eigenvalue weighted by atomic mass is 32.2. The maximum absolute atomic E-state index is 12.7. The number of piperidine rings is 1. The van der Waals surface area contributed by atoms with Gasteiger partial charge in [-0.2, -0.15) is 0 Å². The van der Waals surface area contributed by atoms with Crippen molar-refractivity contribution in [1.82, 2.24) is 10.0 Å². The van der Waals surface area contributed by atoms with Gasteiger partial charge in [-0.1, -0.05) is 6.92 Å². The summed E-state index contributed by atoms with van der Waals surface area (Å²) >= 11 is 0. The van der Waals surface area contributed by atoms with Crippen molar-refractivity contribution in [3.63, 3.8) is 0 Å². The van der Waals surface area contributed by atoms with Crippen LogP contribution in [0.1, 0.15) is 53.9 Å². The van der Waals surface area contributed by atoms with Gasteiger partial charge in [0.05, 0.1) is 4.90 Å². The van der Waals surface area contributed by atoms with Crippen LogP contribution in [0, 0.1) is 0 Å². The third-order valence-corrected chi connectivity index (χ3v) is 5.79. The SMILES string of the molecule is CCCNc1ccc(S(=O)(=O)NC2CC(C)(C)NC(C)(C)C2)cc1. The zero-order valence-electron chi connectivity index (χ0n) is 15.4. The molecule has 0 saturated carbocycles. The first kappa shape index (κ1) is 19.2. The first-order valence-electron chi connectivity index (χ1n) is 8.69. The van der Waals surface area contributed by atoms with E-state index < -0.39 is 10.0 Å². The first-order valence-corrected chi connectivity index (χ1v) is 10.2. The average molecular weight is 354 g/mol. The molecule has 5 nitrogen and oxygen atoms in total. The Morgan fingerprint density at radius 2 is 1.62 bits per heavy atom. The van der Waals surface area contributed by atoms with Crippen LogP contribution >= 0.6 is 0 Å². The normalized spacial score (nSPS) is 20.7. The molecule has 0 atom stereocenters. The molecule has 6 heteroatoms. The maximum Gasteiger partial charge on any atom is 0.240 e. The first-order chi connectivity index (χ1) is 11.0. The predicted octanol–water partition coefficient (Wildman–Crippen LogP) is 3.10. The molecule has 0 bridgehead atoms. The summed E-state index contributed by atoms with van der Waals surface area (Å²) in [6.45, 7) is 11.4. The van der Waals surface area contributed by atoms with Gasteiger partial charge in [0.1, 0.15) is 0 Å². The summed E-state index contributed by atoms with van der Waals surface area (Å²) in [5.74, 6) is 0. The Balaban J connectivity index is 2.10. The summed E-state index contributed by atoms with van der Waals surface area (Å²) < 4.78 is 28.3. The molecule has 1 heterocycles. The van der Waals surface area contributed by atoms with Crippen molar-refractivity contribution in [3.05, 3.63) is 24.3 Å². The van der Waals surface area contributed by atoms with Crippen molar-refractivity contribution in [2.24, 2.45) is 0 Å². The van der Waals surface area contributed by atoms with Crippen molar-refractivity contribution in [2.75, 3.05) is 11.9 Å². The van der Waals surface area contributed by atoms with Crippen LogP contribution in [0.25, 0.3) is 0 Å². The molecule has 24 heavy (non-hydrogen) atoms. The molecule has 1 aliphatic heterocycles. The fraction of sp³-hybridized carbons (Fsp3) is 0.667. The van der Waals surface area contributed by atoms with Gasteiger partial charge in [-0.15, -0.1) is 0 Å². The van der Waals surface area contributed by atoms with Crippen molar-refractivity contribution in [3.8, 4) is 0 Å². The largest absolute Gasteiger partial charge is 0.385 e. The number of anilines is 1. The van der Waals surface area contributed by atoms with Crippen LogP contribution in [0.15, 0.2) is 29.2 Å². The minimum absolute atomic E-state index is 0.0702. The Morgan fingerprint density at radius 3 is 2.12 bits per heavy atom. The van der Waals surface area contributed by atoms with E-state index in [0.717, 1.165) is 31.5 Å². The lowest BCUT2D eigenvalue weighted by molar-refractivity contribution is 0.157. The number of hydrogen-bond donors (Lipinski definition) is 3. The molecular formula is C18H31N3O2S. The van der Waals surface area contributed by atoms with Gasteiger partial charge < -0.3 is 10.6 Å². The Bertz CT molecular complexity index is 635. The zero-order chi connectivity index (χ0) is 18.0. The van der Waals surface area contributed by atoms with Gasteiger partial charge >= 0.3 is 0 Å². The van der Waals surface area contributed by atoms with Crippen LogP contribution in [0.5, 0.6) is 0 Å². The van der Waals surface area contributed by atoms with Crippen molar-refractivity contribution in [1.29, 1.82) is 0 Å². The molecule has 0 spiro atoms. The molecule has 1 saturated heterocycles. The van der Waals surface area contributed by atoms with E-state index in [1.165, 1.54) is 0 Å². The highest BCUT2D eigenvalue weighted by Gasteiger charge is 2.39. The summed E-state index contributed by atoms with van der Waals surface area (Å²) in [5.41, 5.74) is 0.756. The van der Waals surface area contributed by atoms with E-state index >= 15 is 0 Å². The second kappa shape index (κ2) is 7.02. The third-order valence-electron chi connectivity index (χ3n) is 4.26. The minimum Gasteiger partial charge on any atom is -0.385 e. The molecule has 2 rings (SSSR count). The summed E-state index contributed by atoms with van der Waals surface area (Å²) in [4.78, 5) is 0.318. The third kappa shape index (κ3) is 5.19. The zero-order valence-corrected chi connectivity index (χ0v) is 16.3. The van der Waals surface area contributed by atoms with Gasteiger partial charge in [0.2, 0.25) is 10.0 Å². The van der Waals surface area contributed by atoms with Crippen molar-refractivity contribution < 1.29 is 8.42 Å². The lowest BCUT2D eigenvalue weighted by Gasteiger charge is -2.46. The molecule has 1 fully saturated rings. The maximum atomic E-state index is 12.7. The minimum atomic E-state index is -3.50. The molecule has 0 unspecified atom stereocenters. The van der Waals surface area contributed by atoms with Crippen LogP contribution in [-0.2, 0) is 10.0 Å². The molecule has 0 aliphatic carbocycles. The van der Waals surface area contributed by atoms with E-state index in [0.29, 0.717) is 4.90 Å². The van der Waals surface area contributed by atoms with E-state index in [9.17, 15) is 8.42 Å². The molecule has 1 aromatic carbocycles. The van der Waals surface area contributed by atoms with Gasteiger partial charge in [0.25, 0.3) is 0 Å². The van der Waals surface area contributed by atoms with Gasteiger partial charge in [0, 0.05) is 29.4 Å². The summed E-state index contributed by atoms with van der Waals surface area (Å²) in [6, 6.07) is 6.90. The lowest BCUT2D eigenvalue weighted by Crippen LogP contribution is -2.62. The second-order valence-corrected chi connectivity index (χ2v) is 9.78. The van der Waals surface area contributed by atoms with Crippen LogP contribution < -0.4 is 15.4 Å². The standard InChI is InChI=1S/C18H31N3O2S/c1-6-11-19-14-7-9-16(10-8-14)24(22,23)20-15-12-17(2,3)21-18(4,5)13-15/h7-10,15,19-21H,6,11-13H2,1-5H3. The summed E-state index contributed by atoms with van der Waals surface area (Å²) in [6.07, 6.45) is 2.57. The fourth-order valence-corrected chi connectivity index (χ4v) is 4.95. The second-order valence-electron chi connectivity index (χ2n) is 8.07. The van der Waals surface area contributed by atoms with Crippen LogP contribution in [-0.4, -0.2) is 32.1 Å². The predicted molar refractivity (Wildman–Crippen MR) is 99.9 cm³/mol. The van der Waals surface area contributed by atoms with Crippen molar-refractivity contribution >= 4 is 15.7 Å². The van der Waals surface area contributed by atoms with E-state index in [1.807, 2.05) is 12.1 Å². The van der Waals surface area contributed by atoms with Crippen LogP contribution in [0.2, 0.25) is 0 Å². The van der Waals surface area contributed by atoms with Gasteiger partial charge in [-0.05, 0) is 71.2 Å². The van der Waals surface area contributed by atoms with E-state index in [1.54, 1.807) is 12.1 Å².